The minimum Gasteiger partial charge on any atom is -0.495 e. The molecule has 0 aliphatic heterocycles. The first-order valence-corrected chi connectivity index (χ1v) is 14.9. The van der Waals surface area contributed by atoms with Gasteiger partial charge in [0.05, 0.1) is 17.7 Å². The van der Waals surface area contributed by atoms with Crippen LogP contribution in [0.3, 0.4) is 0 Å². The van der Waals surface area contributed by atoms with Crippen LogP contribution in [-0.4, -0.2) is 51.4 Å². The van der Waals surface area contributed by atoms with E-state index >= 15 is 0 Å². The predicted molar refractivity (Wildman–Crippen MR) is 158 cm³/mol. The van der Waals surface area contributed by atoms with Crippen molar-refractivity contribution in [2.75, 3.05) is 24.5 Å². The summed E-state index contributed by atoms with van der Waals surface area (Å²) in [6.45, 7) is 5.23. The van der Waals surface area contributed by atoms with Gasteiger partial charge < -0.3 is 15.0 Å². The van der Waals surface area contributed by atoms with E-state index in [4.69, 9.17) is 27.9 Å². The lowest BCUT2D eigenvalue weighted by Gasteiger charge is -2.32. The molecule has 40 heavy (non-hydrogen) atoms. The fraction of sp³-hybridized carbons (Fsp3) is 0.310. The number of nitrogens with zero attached hydrogens (tertiary/aromatic N) is 2. The van der Waals surface area contributed by atoms with E-state index in [1.54, 1.807) is 49.4 Å². The van der Waals surface area contributed by atoms with Gasteiger partial charge in [-0.15, -0.1) is 0 Å². The second-order valence-electron chi connectivity index (χ2n) is 9.26. The second-order valence-corrected chi connectivity index (χ2v) is 12.0. The van der Waals surface area contributed by atoms with E-state index in [9.17, 15) is 18.0 Å². The lowest BCUT2D eigenvalue weighted by Crippen LogP contribution is -2.51. The summed E-state index contributed by atoms with van der Waals surface area (Å²) >= 11 is 12.4. The molecule has 214 valence electrons. The van der Waals surface area contributed by atoms with Crippen molar-refractivity contribution >= 4 is 50.7 Å². The van der Waals surface area contributed by atoms with E-state index in [-0.39, 0.29) is 33.8 Å². The predicted octanol–water partition coefficient (Wildman–Crippen LogP) is 5.45. The summed E-state index contributed by atoms with van der Waals surface area (Å²) in [5.74, 6) is -0.745. The van der Waals surface area contributed by atoms with Gasteiger partial charge in [0.2, 0.25) is 11.8 Å². The molecule has 1 N–H and O–H groups in total. The van der Waals surface area contributed by atoms with Crippen molar-refractivity contribution in [3.8, 4) is 5.75 Å². The highest BCUT2D eigenvalue weighted by atomic mass is 35.5. The van der Waals surface area contributed by atoms with Gasteiger partial charge in [0, 0.05) is 23.1 Å². The lowest BCUT2D eigenvalue weighted by atomic mass is 10.1. The zero-order valence-corrected chi connectivity index (χ0v) is 25.2. The molecule has 3 rings (SSSR count). The molecule has 0 aliphatic carbocycles. The average Bonchev–Trinajstić information content (AvgIpc) is 2.93. The van der Waals surface area contributed by atoms with E-state index in [1.165, 1.54) is 36.3 Å². The molecule has 0 aliphatic rings. The van der Waals surface area contributed by atoms with Crippen molar-refractivity contribution in [3.05, 3.63) is 87.9 Å². The standard InChI is InChI=1S/C29H33Cl2N3O5S/c1-5-15-32-29(36)21(3)33(18-22-7-6-8-23(30)16-22)28(35)19-34(26-17-24(31)11-14-27(26)39-4)40(37,38)25-12-9-20(2)10-13-25/h6-14,16-17,21H,5,15,18-19H2,1-4H3,(H,32,36)/t21-/m1/s1. The number of ether oxygens (including phenoxy) is 1. The van der Waals surface area contributed by atoms with Crippen molar-refractivity contribution in [2.45, 2.75) is 44.7 Å². The number of methoxy groups -OCH3 is 1. The number of nitrogens with one attached hydrogen (secondary N) is 1. The molecule has 0 heterocycles. The minimum atomic E-state index is -4.26. The highest BCUT2D eigenvalue weighted by molar-refractivity contribution is 7.92. The van der Waals surface area contributed by atoms with Crippen molar-refractivity contribution in [1.29, 1.82) is 0 Å². The van der Waals surface area contributed by atoms with E-state index in [1.807, 2.05) is 13.8 Å². The molecular weight excluding hydrogens is 573 g/mol. The molecule has 0 saturated carbocycles. The Morgan fingerprint density at radius 3 is 2.30 bits per heavy atom. The normalized spacial score (nSPS) is 11.9. The molecule has 0 fully saturated rings. The maximum Gasteiger partial charge on any atom is 0.264 e. The molecule has 11 heteroatoms. The van der Waals surface area contributed by atoms with Crippen LogP contribution in [0.2, 0.25) is 10.0 Å². The van der Waals surface area contributed by atoms with Crippen molar-refractivity contribution in [3.63, 3.8) is 0 Å². The van der Waals surface area contributed by atoms with E-state index in [0.29, 0.717) is 17.1 Å². The molecule has 2 amide bonds. The fourth-order valence-corrected chi connectivity index (χ4v) is 5.82. The van der Waals surface area contributed by atoms with Gasteiger partial charge in [-0.25, -0.2) is 8.42 Å². The number of anilines is 1. The largest absolute Gasteiger partial charge is 0.495 e. The summed E-state index contributed by atoms with van der Waals surface area (Å²) < 4.78 is 34.4. The van der Waals surface area contributed by atoms with Crippen LogP contribution in [0.15, 0.2) is 71.6 Å². The van der Waals surface area contributed by atoms with Crippen LogP contribution < -0.4 is 14.4 Å². The first kappa shape index (κ1) is 31.3. The van der Waals surface area contributed by atoms with Gasteiger partial charge >= 0.3 is 0 Å². The van der Waals surface area contributed by atoms with E-state index in [2.05, 4.69) is 5.32 Å². The quantitative estimate of drug-likeness (QED) is 0.296. The molecule has 0 aromatic heterocycles. The third-order valence-electron chi connectivity index (χ3n) is 6.26. The summed E-state index contributed by atoms with van der Waals surface area (Å²) in [6, 6.07) is 16.8. The minimum absolute atomic E-state index is 0.0111. The monoisotopic (exact) mass is 605 g/mol. The lowest BCUT2D eigenvalue weighted by molar-refractivity contribution is -0.139. The third-order valence-corrected chi connectivity index (χ3v) is 8.50. The fourth-order valence-electron chi connectivity index (χ4n) is 4.02. The van der Waals surface area contributed by atoms with E-state index < -0.39 is 28.5 Å². The van der Waals surface area contributed by atoms with Gasteiger partial charge in [0.15, 0.2) is 0 Å². The first-order chi connectivity index (χ1) is 19.0. The number of rotatable bonds is 12. The Balaban J connectivity index is 2.09. The van der Waals surface area contributed by atoms with Gasteiger partial charge in [0.25, 0.3) is 10.0 Å². The van der Waals surface area contributed by atoms with Crippen LogP contribution in [-0.2, 0) is 26.2 Å². The Morgan fingerprint density at radius 1 is 1.00 bits per heavy atom. The summed E-state index contributed by atoms with van der Waals surface area (Å²) in [5.41, 5.74) is 1.65. The molecule has 0 spiro atoms. The molecule has 3 aromatic rings. The van der Waals surface area contributed by atoms with Gasteiger partial charge in [-0.2, -0.15) is 0 Å². The van der Waals surface area contributed by atoms with E-state index in [0.717, 1.165) is 16.3 Å². The highest BCUT2D eigenvalue weighted by Crippen LogP contribution is 2.35. The van der Waals surface area contributed by atoms with Crippen molar-refractivity contribution < 1.29 is 22.7 Å². The number of halogens is 2. The molecule has 3 aromatic carbocycles. The molecule has 8 nitrogen and oxygen atoms in total. The van der Waals surface area contributed by atoms with Crippen LogP contribution >= 0.6 is 23.2 Å². The Morgan fingerprint density at radius 2 is 1.68 bits per heavy atom. The van der Waals surface area contributed by atoms with Crippen molar-refractivity contribution in [2.24, 2.45) is 0 Å². The van der Waals surface area contributed by atoms with Crippen LogP contribution in [0.1, 0.15) is 31.4 Å². The van der Waals surface area contributed by atoms with Crippen LogP contribution in [0.5, 0.6) is 5.75 Å². The Bertz CT molecular complexity index is 1450. The Labute approximate surface area is 245 Å². The number of carbonyl (C=O) groups excluding carboxylic acids is 2. The number of amides is 2. The number of carbonyl (C=O) groups is 2. The number of hydrogen-bond acceptors (Lipinski definition) is 5. The van der Waals surface area contributed by atoms with Crippen molar-refractivity contribution in [1.82, 2.24) is 10.2 Å². The maximum absolute atomic E-state index is 14.0. The van der Waals surface area contributed by atoms with Crippen LogP contribution in [0.4, 0.5) is 5.69 Å². The Kier molecular flexibility index (Phi) is 10.8. The molecular formula is C29H33Cl2N3O5S. The summed E-state index contributed by atoms with van der Waals surface area (Å²) in [7, 11) is -2.86. The smallest absolute Gasteiger partial charge is 0.264 e. The SMILES string of the molecule is CCCNC(=O)[C@@H](C)N(Cc1cccc(Cl)c1)C(=O)CN(c1cc(Cl)ccc1OC)S(=O)(=O)c1ccc(C)cc1. The second kappa shape index (κ2) is 13.9. The number of hydrogen-bond donors (Lipinski definition) is 1. The summed E-state index contributed by atoms with van der Waals surface area (Å²) in [5, 5.41) is 3.54. The summed E-state index contributed by atoms with van der Waals surface area (Å²) in [4.78, 5) is 28.3. The van der Waals surface area contributed by atoms with Gasteiger partial charge in [0.1, 0.15) is 18.3 Å². The number of benzene rings is 3. The zero-order valence-electron chi connectivity index (χ0n) is 22.9. The molecule has 1 atom stereocenters. The topological polar surface area (TPSA) is 96.0 Å². The maximum atomic E-state index is 14.0. The first-order valence-electron chi connectivity index (χ1n) is 12.7. The Hall–Kier alpha value is -3.27. The molecule has 0 unspecified atom stereocenters. The zero-order chi connectivity index (χ0) is 29.4. The van der Waals surface area contributed by atoms with Crippen LogP contribution in [0.25, 0.3) is 0 Å². The highest BCUT2D eigenvalue weighted by Gasteiger charge is 2.34. The van der Waals surface area contributed by atoms with Gasteiger partial charge in [-0.1, -0.05) is 60.0 Å². The van der Waals surface area contributed by atoms with Gasteiger partial charge in [-0.3, -0.25) is 13.9 Å². The molecule has 0 bridgehead atoms. The van der Waals surface area contributed by atoms with Crippen LogP contribution in [0, 0.1) is 6.92 Å². The number of sulfonamides is 1. The third kappa shape index (κ3) is 7.68. The van der Waals surface area contributed by atoms with Gasteiger partial charge in [-0.05, 0) is 68.3 Å². The average molecular weight is 607 g/mol. The number of aryl methyl sites for hydroxylation is 1. The molecule has 0 saturated heterocycles. The molecule has 0 radical (unpaired) electrons. The summed E-state index contributed by atoms with van der Waals surface area (Å²) in [6.07, 6.45) is 0.720.